The molecule has 4 heteroatoms. The Morgan fingerprint density at radius 2 is 1.59 bits per heavy atom. The van der Waals surface area contributed by atoms with Crippen LogP contribution in [0.1, 0.15) is 51.4 Å². The molecule has 0 radical (unpaired) electrons. The van der Waals surface area contributed by atoms with Crippen molar-refractivity contribution in [2.75, 3.05) is 27.2 Å². The Bertz CT molecular complexity index is 383. The van der Waals surface area contributed by atoms with Crippen molar-refractivity contribution in [2.24, 2.45) is 0 Å². The standard InChI is InChI=1S/C18H33N3O/c1-20(2)13-5-7-15-17(11-13)22-18-12-14(6-8-16(18)19-15)21-9-3-4-10-21/h13-19H,3-12H2,1-2H3. The van der Waals surface area contributed by atoms with E-state index in [2.05, 4.69) is 29.2 Å². The number of hydrogen-bond acceptors (Lipinski definition) is 4. The van der Waals surface area contributed by atoms with Crippen LogP contribution in [0.2, 0.25) is 0 Å². The molecule has 0 bridgehead atoms. The SMILES string of the molecule is CN(C)C1CCC2NC3CCC(N4CCCC4)CC3OC2C1. The third-order valence-corrected chi connectivity index (χ3v) is 6.69. The van der Waals surface area contributed by atoms with Crippen LogP contribution in [0, 0.1) is 0 Å². The molecule has 2 aliphatic carbocycles. The van der Waals surface area contributed by atoms with Gasteiger partial charge in [0.05, 0.1) is 12.2 Å². The van der Waals surface area contributed by atoms with Crippen molar-refractivity contribution in [3.63, 3.8) is 0 Å². The van der Waals surface area contributed by atoms with E-state index in [4.69, 9.17) is 4.74 Å². The lowest BCUT2D eigenvalue weighted by Crippen LogP contribution is -2.64. The molecule has 0 aromatic carbocycles. The van der Waals surface area contributed by atoms with Crippen LogP contribution in [0.3, 0.4) is 0 Å². The van der Waals surface area contributed by atoms with E-state index in [-0.39, 0.29) is 0 Å². The lowest BCUT2D eigenvalue weighted by molar-refractivity contribution is -0.131. The Hall–Kier alpha value is -0.160. The van der Waals surface area contributed by atoms with Crippen molar-refractivity contribution in [1.29, 1.82) is 0 Å². The highest BCUT2D eigenvalue weighted by Crippen LogP contribution is 2.36. The Morgan fingerprint density at radius 1 is 0.909 bits per heavy atom. The molecule has 2 aliphatic heterocycles. The van der Waals surface area contributed by atoms with E-state index in [0.29, 0.717) is 30.3 Å². The zero-order chi connectivity index (χ0) is 15.1. The third kappa shape index (κ3) is 2.95. The highest BCUT2D eigenvalue weighted by Gasteiger charge is 2.44. The van der Waals surface area contributed by atoms with Gasteiger partial charge >= 0.3 is 0 Å². The van der Waals surface area contributed by atoms with Gasteiger partial charge in [0.2, 0.25) is 0 Å². The molecule has 0 aromatic rings. The zero-order valence-corrected chi connectivity index (χ0v) is 14.3. The minimum atomic E-state index is 0.444. The summed E-state index contributed by atoms with van der Waals surface area (Å²) < 4.78 is 6.65. The monoisotopic (exact) mass is 307 g/mol. The molecule has 1 N–H and O–H groups in total. The molecule has 2 saturated carbocycles. The van der Waals surface area contributed by atoms with Crippen LogP contribution in [-0.2, 0) is 4.74 Å². The van der Waals surface area contributed by atoms with Crippen molar-refractivity contribution in [1.82, 2.24) is 15.1 Å². The average molecular weight is 307 g/mol. The fourth-order valence-electron chi connectivity index (χ4n) is 5.31. The summed E-state index contributed by atoms with van der Waals surface area (Å²) in [6.07, 6.45) is 11.5. The third-order valence-electron chi connectivity index (χ3n) is 6.69. The molecular formula is C18H33N3O. The Morgan fingerprint density at radius 3 is 2.32 bits per heavy atom. The summed E-state index contributed by atoms with van der Waals surface area (Å²) in [5.41, 5.74) is 0. The summed E-state index contributed by atoms with van der Waals surface area (Å²) in [6, 6.07) is 2.73. The summed E-state index contributed by atoms with van der Waals surface area (Å²) in [5, 5.41) is 3.97. The summed E-state index contributed by atoms with van der Waals surface area (Å²) >= 11 is 0. The Balaban J connectivity index is 1.38. The first-order chi connectivity index (χ1) is 10.7. The van der Waals surface area contributed by atoms with E-state index in [9.17, 15) is 0 Å². The van der Waals surface area contributed by atoms with Gasteiger partial charge in [0.1, 0.15) is 0 Å². The van der Waals surface area contributed by atoms with Crippen LogP contribution in [0.25, 0.3) is 0 Å². The second kappa shape index (κ2) is 6.39. The lowest BCUT2D eigenvalue weighted by atomic mass is 9.81. The van der Waals surface area contributed by atoms with Crippen molar-refractivity contribution in [3.05, 3.63) is 0 Å². The largest absolute Gasteiger partial charge is 0.372 e. The van der Waals surface area contributed by atoms with E-state index in [1.54, 1.807) is 0 Å². The normalized spacial score (nSPS) is 46.5. The Labute approximate surface area is 135 Å². The van der Waals surface area contributed by atoms with E-state index in [0.717, 1.165) is 6.04 Å². The fraction of sp³-hybridized carbons (Fsp3) is 1.00. The first-order valence-electron chi connectivity index (χ1n) is 9.52. The molecule has 6 atom stereocenters. The minimum absolute atomic E-state index is 0.444. The van der Waals surface area contributed by atoms with Crippen molar-refractivity contribution < 1.29 is 4.74 Å². The van der Waals surface area contributed by atoms with Gasteiger partial charge in [0.25, 0.3) is 0 Å². The molecule has 0 spiro atoms. The van der Waals surface area contributed by atoms with Gasteiger partial charge in [-0.25, -0.2) is 0 Å². The average Bonchev–Trinajstić information content (AvgIpc) is 3.06. The van der Waals surface area contributed by atoms with Gasteiger partial charge < -0.3 is 19.9 Å². The van der Waals surface area contributed by atoms with Crippen LogP contribution >= 0.6 is 0 Å². The highest BCUT2D eigenvalue weighted by atomic mass is 16.5. The summed E-state index contributed by atoms with van der Waals surface area (Å²) in [4.78, 5) is 5.12. The minimum Gasteiger partial charge on any atom is -0.372 e. The lowest BCUT2D eigenvalue weighted by Gasteiger charge is -2.51. The number of likely N-dealkylation sites (tertiary alicyclic amines) is 1. The maximum Gasteiger partial charge on any atom is 0.0747 e. The van der Waals surface area contributed by atoms with Crippen molar-refractivity contribution in [2.45, 2.75) is 87.7 Å². The first kappa shape index (κ1) is 15.4. The number of rotatable bonds is 2. The molecule has 4 aliphatic rings. The number of fused-ring (bicyclic) bond motifs is 2. The van der Waals surface area contributed by atoms with Gasteiger partial charge in [0, 0.05) is 24.2 Å². The molecule has 2 heterocycles. The fourth-order valence-corrected chi connectivity index (χ4v) is 5.31. The van der Waals surface area contributed by atoms with Crippen LogP contribution in [0.15, 0.2) is 0 Å². The smallest absolute Gasteiger partial charge is 0.0747 e. The van der Waals surface area contributed by atoms with Gasteiger partial charge in [-0.15, -0.1) is 0 Å². The van der Waals surface area contributed by atoms with E-state index in [1.807, 2.05) is 0 Å². The van der Waals surface area contributed by atoms with Crippen molar-refractivity contribution >= 4 is 0 Å². The van der Waals surface area contributed by atoms with Crippen molar-refractivity contribution in [3.8, 4) is 0 Å². The maximum absolute atomic E-state index is 6.65. The van der Waals surface area contributed by atoms with Crippen LogP contribution in [0.4, 0.5) is 0 Å². The number of nitrogens with zero attached hydrogens (tertiary/aromatic N) is 2. The second-order valence-corrected chi connectivity index (χ2v) is 8.23. The van der Waals surface area contributed by atoms with Gasteiger partial charge in [-0.05, 0) is 78.6 Å². The van der Waals surface area contributed by atoms with Gasteiger partial charge in [-0.1, -0.05) is 0 Å². The molecule has 126 valence electrons. The molecule has 22 heavy (non-hydrogen) atoms. The summed E-state index contributed by atoms with van der Waals surface area (Å²) in [7, 11) is 4.43. The molecule has 4 rings (SSSR count). The number of ether oxygens (including phenoxy) is 1. The van der Waals surface area contributed by atoms with Gasteiger partial charge in [-0.2, -0.15) is 0 Å². The predicted octanol–water partition coefficient (Wildman–Crippen LogP) is 1.84. The number of morpholine rings is 1. The zero-order valence-electron chi connectivity index (χ0n) is 14.3. The molecular weight excluding hydrogens is 274 g/mol. The van der Waals surface area contributed by atoms with E-state index >= 15 is 0 Å². The summed E-state index contributed by atoms with van der Waals surface area (Å²) in [5.74, 6) is 0. The van der Waals surface area contributed by atoms with Crippen LogP contribution < -0.4 is 5.32 Å². The molecule has 2 saturated heterocycles. The van der Waals surface area contributed by atoms with E-state index < -0.39 is 0 Å². The molecule has 4 nitrogen and oxygen atoms in total. The summed E-state index contributed by atoms with van der Waals surface area (Å²) in [6.45, 7) is 2.65. The number of hydrogen-bond donors (Lipinski definition) is 1. The first-order valence-corrected chi connectivity index (χ1v) is 9.52. The van der Waals surface area contributed by atoms with Crippen LogP contribution in [0.5, 0.6) is 0 Å². The second-order valence-electron chi connectivity index (χ2n) is 8.23. The van der Waals surface area contributed by atoms with E-state index in [1.165, 1.54) is 64.5 Å². The maximum atomic E-state index is 6.65. The number of nitrogens with one attached hydrogen (secondary N) is 1. The molecule has 4 fully saturated rings. The van der Waals surface area contributed by atoms with Crippen LogP contribution in [-0.4, -0.2) is 73.4 Å². The molecule has 0 amide bonds. The van der Waals surface area contributed by atoms with Gasteiger partial charge in [0.15, 0.2) is 0 Å². The highest BCUT2D eigenvalue weighted by molar-refractivity contribution is 5.00. The predicted molar refractivity (Wildman–Crippen MR) is 89.1 cm³/mol. The Kier molecular flexibility index (Phi) is 4.46. The quantitative estimate of drug-likeness (QED) is 0.842. The van der Waals surface area contributed by atoms with Gasteiger partial charge in [-0.3, -0.25) is 0 Å². The molecule has 0 aromatic heterocycles. The topological polar surface area (TPSA) is 27.7 Å². The molecule has 6 unspecified atom stereocenters.